The highest BCUT2D eigenvalue weighted by Gasteiger charge is 2.16. The van der Waals surface area contributed by atoms with Gasteiger partial charge in [-0.2, -0.15) is 0 Å². The van der Waals surface area contributed by atoms with Crippen LogP contribution in [0.1, 0.15) is 25.3 Å². The van der Waals surface area contributed by atoms with E-state index in [-0.39, 0.29) is 35.2 Å². The van der Waals surface area contributed by atoms with Crippen LogP contribution in [0.5, 0.6) is 5.75 Å². The number of nitro groups is 1. The summed E-state index contributed by atoms with van der Waals surface area (Å²) >= 11 is 12.2. The van der Waals surface area contributed by atoms with Gasteiger partial charge in [-0.15, -0.1) is 0 Å². The van der Waals surface area contributed by atoms with Crippen molar-refractivity contribution in [2.45, 2.75) is 26.2 Å². The van der Waals surface area contributed by atoms with E-state index in [2.05, 4.69) is 0 Å². The van der Waals surface area contributed by atoms with Crippen molar-refractivity contribution in [3.05, 3.63) is 49.6 Å². The summed E-state index contributed by atoms with van der Waals surface area (Å²) < 4.78 is 5.37. The number of carbonyl (C=O) groups is 1. The quantitative estimate of drug-likeness (QED) is 0.436. The molecule has 0 radical (unpaired) electrons. The van der Waals surface area contributed by atoms with Crippen LogP contribution in [0.25, 0.3) is 0 Å². The summed E-state index contributed by atoms with van der Waals surface area (Å²) in [4.78, 5) is 20.7. The number of carboxylic acids is 1. The molecule has 120 valence electrons. The number of allylic oxidation sites excluding steroid dienone is 2. The summed E-state index contributed by atoms with van der Waals surface area (Å²) in [5.41, 5.74) is 0.544. The first kappa shape index (κ1) is 18.3. The number of halogens is 2. The highest BCUT2D eigenvalue weighted by Crippen LogP contribution is 2.35. The molecule has 1 aromatic rings. The summed E-state index contributed by atoms with van der Waals surface area (Å²) in [6, 6.07) is 3.17. The predicted molar refractivity (Wildman–Crippen MR) is 83.3 cm³/mol. The van der Waals surface area contributed by atoms with E-state index in [1.54, 1.807) is 19.1 Å². The van der Waals surface area contributed by atoms with Crippen molar-refractivity contribution in [2.24, 2.45) is 0 Å². The largest absolute Gasteiger partial charge is 0.492 e. The third-order valence-electron chi connectivity index (χ3n) is 2.86. The molecule has 0 saturated heterocycles. The molecule has 0 aromatic heterocycles. The number of hydrogen-bond acceptors (Lipinski definition) is 4. The minimum absolute atomic E-state index is 0.00305. The molecule has 1 rings (SSSR count). The van der Waals surface area contributed by atoms with E-state index in [1.807, 2.05) is 0 Å². The Bertz CT molecular complexity index is 601. The highest BCUT2D eigenvalue weighted by atomic mass is 35.5. The summed E-state index contributed by atoms with van der Waals surface area (Å²) in [7, 11) is 0. The van der Waals surface area contributed by atoms with E-state index in [1.165, 1.54) is 6.08 Å². The maximum absolute atomic E-state index is 10.8. The lowest BCUT2D eigenvalue weighted by Crippen LogP contribution is -2.04. The average Bonchev–Trinajstić information content (AvgIpc) is 2.46. The fourth-order valence-corrected chi connectivity index (χ4v) is 2.15. The lowest BCUT2D eigenvalue weighted by atomic mass is 10.1. The van der Waals surface area contributed by atoms with Crippen molar-refractivity contribution in [1.29, 1.82) is 0 Å². The molecule has 0 fully saturated rings. The molecule has 22 heavy (non-hydrogen) atoms. The van der Waals surface area contributed by atoms with Gasteiger partial charge in [0.1, 0.15) is 10.8 Å². The Morgan fingerprint density at radius 2 is 2.09 bits per heavy atom. The van der Waals surface area contributed by atoms with Crippen molar-refractivity contribution in [3.8, 4) is 5.75 Å². The van der Waals surface area contributed by atoms with Crippen molar-refractivity contribution >= 4 is 29.2 Å². The average molecular weight is 348 g/mol. The van der Waals surface area contributed by atoms with Gasteiger partial charge in [-0.1, -0.05) is 29.3 Å². The zero-order valence-corrected chi connectivity index (χ0v) is 13.4. The molecule has 0 amide bonds. The Hall–Kier alpha value is -1.79. The Kier molecular flexibility index (Phi) is 7.14. The molecule has 0 saturated carbocycles. The lowest BCUT2D eigenvalue weighted by molar-refractivity contribution is -0.427. The van der Waals surface area contributed by atoms with Crippen molar-refractivity contribution < 1.29 is 19.6 Å². The maximum atomic E-state index is 10.8. The van der Waals surface area contributed by atoms with Gasteiger partial charge in [-0.3, -0.25) is 14.9 Å². The fourth-order valence-electron chi connectivity index (χ4n) is 1.69. The Morgan fingerprint density at radius 3 is 2.64 bits per heavy atom. The smallest absolute Gasteiger partial charge is 0.303 e. The number of hydrogen-bond donors (Lipinski definition) is 1. The van der Waals surface area contributed by atoms with Gasteiger partial charge < -0.3 is 9.84 Å². The standard InChI is InChI=1S/C14H15Cl2NO5/c1-2-10(17(20)21)8-9-5-6-11(14(16)13(9)15)22-7-3-4-12(18)19/h2,5-6H,3-4,7-8H2,1H3,(H,18,19)/b10-2-. The van der Waals surface area contributed by atoms with Gasteiger partial charge in [0.15, 0.2) is 0 Å². The van der Waals surface area contributed by atoms with Crippen LogP contribution >= 0.6 is 23.2 Å². The molecule has 0 heterocycles. The first-order valence-corrected chi connectivity index (χ1v) is 7.23. The molecule has 1 N–H and O–H groups in total. The second-order valence-electron chi connectivity index (χ2n) is 4.41. The number of benzene rings is 1. The van der Waals surface area contributed by atoms with Gasteiger partial charge in [0.2, 0.25) is 5.70 Å². The van der Waals surface area contributed by atoms with Crippen LogP contribution < -0.4 is 4.74 Å². The van der Waals surface area contributed by atoms with Crippen LogP contribution in [0, 0.1) is 10.1 Å². The second kappa shape index (κ2) is 8.60. The van der Waals surface area contributed by atoms with E-state index in [4.69, 9.17) is 33.0 Å². The van der Waals surface area contributed by atoms with Crippen LogP contribution in [0.4, 0.5) is 0 Å². The van der Waals surface area contributed by atoms with Gasteiger partial charge in [-0.05, 0) is 31.1 Å². The van der Waals surface area contributed by atoms with Gasteiger partial charge >= 0.3 is 5.97 Å². The number of aliphatic carboxylic acids is 1. The van der Waals surface area contributed by atoms with E-state index < -0.39 is 10.9 Å². The fraction of sp³-hybridized carbons (Fsp3) is 0.357. The molecular formula is C14H15Cl2NO5. The molecule has 8 heteroatoms. The molecule has 0 atom stereocenters. The van der Waals surface area contributed by atoms with Crippen LogP contribution in [-0.4, -0.2) is 22.6 Å². The lowest BCUT2D eigenvalue weighted by Gasteiger charge is -2.11. The number of carboxylic acid groups (broad SMARTS) is 1. The molecule has 0 spiro atoms. The summed E-state index contributed by atoms with van der Waals surface area (Å²) in [5.74, 6) is -0.578. The van der Waals surface area contributed by atoms with Crippen LogP contribution in [0.2, 0.25) is 10.0 Å². The summed E-state index contributed by atoms with van der Waals surface area (Å²) in [6.45, 7) is 1.77. The molecule has 0 bridgehead atoms. The van der Waals surface area contributed by atoms with E-state index in [0.29, 0.717) is 17.7 Å². The molecule has 0 aliphatic rings. The Morgan fingerprint density at radius 1 is 1.41 bits per heavy atom. The van der Waals surface area contributed by atoms with Crippen LogP contribution in [0.15, 0.2) is 23.9 Å². The zero-order chi connectivity index (χ0) is 16.7. The van der Waals surface area contributed by atoms with Crippen molar-refractivity contribution in [3.63, 3.8) is 0 Å². The first-order chi connectivity index (χ1) is 10.4. The molecule has 0 aliphatic heterocycles. The highest BCUT2D eigenvalue weighted by molar-refractivity contribution is 6.43. The SMILES string of the molecule is C/C=C(/Cc1ccc(OCCCC(=O)O)c(Cl)c1Cl)[N+](=O)[O-]. The normalized spacial score (nSPS) is 11.3. The Balaban J connectivity index is 2.79. The van der Waals surface area contributed by atoms with Gasteiger partial charge in [0.25, 0.3) is 0 Å². The molecule has 0 aliphatic carbocycles. The van der Waals surface area contributed by atoms with Crippen LogP contribution in [-0.2, 0) is 11.2 Å². The first-order valence-electron chi connectivity index (χ1n) is 6.47. The number of nitrogens with zero attached hydrogens (tertiary/aromatic N) is 1. The van der Waals surface area contributed by atoms with E-state index in [9.17, 15) is 14.9 Å². The topological polar surface area (TPSA) is 89.7 Å². The molecular weight excluding hydrogens is 333 g/mol. The predicted octanol–water partition coefficient (Wildman–Crippen LogP) is 3.96. The molecule has 0 unspecified atom stereocenters. The Labute approximate surface area is 137 Å². The van der Waals surface area contributed by atoms with Gasteiger partial charge in [-0.25, -0.2) is 0 Å². The van der Waals surface area contributed by atoms with E-state index in [0.717, 1.165) is 0 Å². The molecule has 1 aromatic carbocycles. The van der Waals surface area contributed by atoms with E-state index >= 15 is 0 Å². The maximum Gasteiger partial charge on any atom is 0.303 e. The van der Waals surface area contributed by atoms with Gasteiger partial charge in [0.05, 0.1) is 23.0 Å². The molecule has 6 nitrogen and oxygen atoms in total. The summed E-state index contributed by atoms with van der Waals surface area (Å²) in [6.07, 6.45) is 1.80. The van der Waals surface area contributed by atoms with Crippen molar-refractivity contribution in [2.75, 3.05) is 6.61 Å². The number of rotatable bonds is 8. The summed E-state index contributed by atoms with van der Waals surface area (Å²) in [5, 5.41) is 19.7. The third kappa shape index (κ3) is 5.20. The minimum atomic E-state index is -0.901. The third-order valence-corrected chi connectivity index (χ3v) is 3.76. The minimum Gasteiger partial charge on any atom is -0.492 e. The van der Waals surface area contributed by atoms with Crippen LogP contribution in [0.3, 0.4) is 0 Å². The van der Waals surface area contributed by atoms with Gasteiger partial charge in [0, 0.05) is 6.42 Å². The number of ether oxygens (including phenoxy) is 1. The second-order valence-corrected chi connectivity index (χ2v) is 5.17. The zero-order valence-electron chi connectivity index (χ0n) is 11.8. The monoisotopic (exact) mass is 347 g/mol. The van der Waals surface area contributed by atoms with Crippen molar-refractivity contribution in [1.82, 2.24) is 0 Å².